The van der Waals surface area contributed by atoms with E-state index in [1.807, 2.05) is 12.1 Å². The van der Waals surface area contributed by atoms with Gasteiger partial charge in [-0.25, -0.2) is 8.78 Å². The van der Waals surface area contributed by atoms with Gasteiger partial charge in [-0.15, -0.1) is 0 Å². The Hall–Kier alpha value is -2.38. The van der Waals surface area contributed by atoms with Crippen LogP contribution in [0.1, 0.15) is 28.8 Å². The number of piperidine rings is 1. The molecule has 2 aliphatic heterocycles. The zero-order chi connectivity index (χ0) is 20.3. The Morgan fingerprint density at radius 1 is 1.07 bits per heavy atom. The first-order chi connectivity index (χ1) is 14.0. The van der Waals surface area contributed by atoms with Crippen molar-refractivity contribution in [3.63, 3.8) is 0 Å². The summed E-state index contributed by atoms with van der Waals surface area (Å²) in [4.78, 5) is 20.9. The number of rotatable bonds is 3. The lowest BCUT2D eigenvalue weighted by Gasteiger charge is -2.42. The van der Waals surface area contributed by atoms with Gasteiger partial charge in [0.25, 0.3) is 5.91 Å². The molecule has 0 unspecified atom stereocenters. The first-order valence-corrected chi connectivity index (χ1v) is 9.97. The fourth-order valence-electron chi connectivity index (χ4n) is 4.31. The maximum atomic E-state index is 13.5. The van der Waals surface area contributed by atoms with E-state index in [2.05, 4.69) is 9.88 Å². The van der Waals surface area contributed by atoms with Gasteiger partial charge in [-0.05, 0) is 42.7 Å². The van der Waals surface area contributed by atoms with Crippen molar-refractivity contribution < 1.29 is 18.3 Å². The molecule has 2 saturated heterocycles. The molecule has 1 spiro atoms. The molecule has 4 rings (SSSR count). The smallest absolute Gasteiger partial charge is 0.254 e. The van der Waals surface area contributed by atoms with Crippen LogP contribution in [0.4, 0.5) is 8.78 Å². The van der Waals surface area contributed by atoms with Gasteiger partial charge in [0.1, 0.15) is 11.6 Å². The summed E-state index contributed by atoms with van der Waals surface area (Å²) in [7, 11) is 0. The second-order valence-corrected chi connectivity index (χ2v) is 8.07. The zero-order valence-corrected chi connectivity index (χ0v) is 16.3. The third-order valence-electron chi connectivity index (χ3n) is 5.90. The topological polar surface area (TPSA) is 45.7 Å². The normalized spacial score (nSPS) is 19.9. The van der Waals surface area contributed by atoms with Gasteiger partial charge in [0.15, 0.2) is 0 Å². The SMILES string of the molecule is O=C(c1cc(F)cc(F)c1)N1CCC2(CC1)COCCN(Cc1ccncc1)C2. The van der Waals surface area contributed by atoms with E-state index < -0.39 is 11.6 Å². The van der Waals surface area contributed by atoms with E-state index in [1.165, 1.54) is 5.56 Å². The van der Waals surface area contributed by atoms with Crippen LogP contribution in [-0.4, -0.2) is 60.1 Å². The molecule has 0 saturated carbocycles. The minimum Gasteiger partial charge on any atom is -0.379 e. The van der Waals surface area contributed by atoms with Gasteiger partial charge in [-0.2, -0.15) is 0 Å². The van der Waals surface area contributed by atoms with Crippen LogP contribution in [-0.2, 0) is 11.3 Å². The first kappa shape index (κ1) is 19.9. The van der Waals surface area contributed by atoms with Crippen molar-refractivity contribution in [3.8, 4) is 0 Å². The lowest BCUT2D eigenvalue weighted by Crippen LogP contribution is -2.48. The molecule has 1 aromatic carbocycles. The number of aromatic nitrogens is 1. The van der Waals surface area contributed by atoms with E-state index in [0.29, 0.717) is 26.3 Å². The van der Waals surface area contributed by atoms with Crippen molar-refractivity contribution in [1.29, 1.82) is 0 Å². The number of hydrogen-bond acceptors (Lipinski definition) is 4. The van der Waals surface area contributed by atoms with Gasteiger partial charge in [0.2, 0.25) is 0 Å². The number of ether oxygens (including phenoxy) is 1. The number of pyridine rings is 1. The molecular weight excluding hydrogens is 376 g/mol. The summed E-state index contributed by atoms with van der Waals surface area (Å²) in [6.07, 6.45) is 5.23. The quantitative estimate of drug-likeness (QED) is 0.793. The molecule has 0 atom stereocenters. The first-order valence-electron chi connectivity index (χ1n) is 9.97. The monoisotopic (exact) mass is 401 g/mol. The third-order valence-corrected chi connectivity index (χ3v) is 5.90. The van der Waals surface area contributed by atoms with Crippen LogP contribution in [0, 0.1) is 17.0 Å². The Bertz CT molecular complexity index is 834. The fraction of sp³-hybridized carbons (Fsp3) is 0.455. The maximum absolute atomic E-state index is 13.5. The van der Waals surface area contributed by atoms with E-state index in [-0.39, 0.29) is 16.9 Å². The molecule has 0 aliphatic carbocycles. The summed E-state index contributed by atoms with van der Waals surface area (Å²) >= 11 is 0. The van der Waals surface area contributed by atoms with Crippen molar-refractivity contribution in [2.24, 2.45) is 5.41 Å². The second kappa shape index (κ2) is 8.55. The van der Waals surface area contributed by atoms with Crippen LogP contribution in [0.3, 0.4) is 0 Å². The van der Waals surface area contributed by atoms with E-state index in [0.717, 1.165) is 50.7 Å². The molecule has 7 heteroatoms. The number of likely N-dealkylation sites (tertiary alicyclic amines) is 1. The Morgan fingerprint density at radius 3 is 2.45 bits per heavy atom. The summed E-state index contributed by atoms with van der Waals surface area (Å²) in [5.41, 5.74) is 1.28. The number of nitrogens with zero attached hydrogens (tertiary/aromatic N) is 3. The predicted molar refractivity (Wildman–Crippen MR) is 104 cm³/mol. The molecule has 1 aromatic heterocycles. The second-order valence-electron chi connectivity index (χ2n) is 8.07. The highest BCUT2D eigenvalue weighted by molar-refractivity contribution is 5.94. The number of hydrogen-bond donors (Lipinski definition) is 0. The van der Waals surface area contributed by atoms with Crippen LogP contribution >= 0.6 is 0 Å². The molecule has 2 aromatic rings. The fourth-order valence-corrected chi connectivity index (χ4v) is 4.31. The number of halogens is 2. The summed E-state index contributed by atoms with van der Waals surface area (Å²) < 4.78 is 32.9. The van der Waals surface area contributed by atoms with Crippen molar-refractivity contribution in [1.82, 2.24) is 14.8 Å². The van der Waals surface area contributed by atoms with E-state index >= 15 is 0 Å². The van der Waals surface area contributed by atoms with Gasteiger partial charge < -0.3 is 9.64 Å². The standard InChI is InChI=1S/C22H25F2N3O2/c23-19-11-18(12-20(24)13-19)21(28)27-7-3-22(4-8-27)15-26(9-10-29-16-22)14-17-1-5-25-6-2-17/h1-2,5-6,11-13H,3-4,7-10,14-16H2. The van der Waals surface area contributed by atoms with Crippen LogP contribution in [0.15, 0.2) is 42.7 Å². The number of carbonyl (C=O) groups excluding carboxylic acids is 1. The van der Waals surface area contributed by atoms with Gasteiger partial charge in [-0.1, -0.05) is 0 Å². The lowest BCUT2D eigenvalue weighted by molar-refractivity contribution is 0.0145. The molecule has 2 fully saturated rings. The number of amides is 1. The van der Waals surface area contributed by atoms with E-state index in [9.17, 15) is 13.6 Å². The molecule has 0 N–H and O–H groups in total. The van der Waals surface area contributed by atoms with E-state index in [1.54, 1.807) is 17.3 Å². The Balaban J connectivity index is 1.40. The predicted octanol–water partition coefficient (Wildman–Crippen LogP) is 3.11. The molecule has 154 valence electrons. The number of carbonyl (C=O) groups is 1. The molecular formula is C22H25F2N3O2. The van der Waals surface area contributed by atoms with Crippen molar-refractivity contribution in [2.45, 2.75) is 19.4 Å². The number of benzene rings is 1. The summed E-state index contributed by atoms with van der Waals surface area (Å²) in [5, 5.41) is 0. The van der Waals surface area contributed by atoms with Crippen LogP contribution < -0.4 is 0 Å². The molecule has 29 heavy (non-hydrogen) atoms. The van der Waals surface area contributed by atoms with Crippen molar-refractivity contribution >= 4 is 5.91 Å². The van der Waals surface area contributed by atoms with Crippen LogP contribution in [0.2, 0.25) is 0 Å². The average Bonchev–Trinajstić information content (AvgIpc) is 2.90. The van der Waals surface area contributed by atoms with Gasteiger partial charge >= 0.3 is 0 Å². The molecule has 1 amide bonds. The minimum absolute atomic E-state index is 0.00645. The summed E-state index contributed by atoms with van der Waals surface area (Å²) in [6.45, 7) is 5.11. The van der Waals surface area contributed by atoms with Crippen molar-refractivity contribution in [3.05, 3.63) is 65.5 Å². The third kappa shape index (κ3) is 4.79. The largest absolute Gasteiger partial charge is 0.379 e. The minimum atomic E-state index is -0.731. The van der Waals surface area contributed by atoms with Crippen LogP contribution in [0.25, 0.3) is 0 Å². The maximum Gasteiger partial charge on any atom is 0.254 e. The van der Waals surface area contributed by atoms with Gasteiger partial charge in [0, 0.05) is 62.2 Å². The van der Waals surface area contributed by atoms with Gasteiger partial charge in [0.05, 0.1) is 13.2 Å². The average molecular weight is 401 g/mol. The van der Waals surface area contributed by atoms with Gasteiger partial charge in [-0.3, -0.25) is 14.7 Å². The Morgan fingerprint density at radius 2 is 1.76 bits per heavy atom. The zero-order valence-electron chi connectivity index (χ0n) is 16.3. The highest BCUT2D eigenvalue weighted by atomic mass is 19.1. The Kier molecular flexibility index (Phi) is 5.87. The molecule has 3 heterocycles. The highest BCUT2D eigenvalue weighted by Crippen LogP contribution is 2.35. The van der Waals surface area contributed by atoms with Crippen molar-refractivity contribution in [2.75, 3.05) is 39.4 Å². The molecule has 5 nitrogen and oxygen atoms in total. The summed E-state index contributed by atoms with van der Waals surface area (Å²) in [6, 6.07) is 7.03. The Labute approximate surface area is 169 Å². The lowest BCUT2D eigenvalue weighted by atomic mass is 9.78. The van der Waals surface area contributed by atoms with E-state index in [4.69, 9.17) is 4.74 Å². The molecule has 0 bridgehead atoms. The highest BCUT2D eigenvalue weighted by Gasteiger charge is 2.39. The van der Waals surface area contributed by atoms with Crippen LogP contribution in [0.5, 0.6) is 0 Å². The molecule has 0 radical (unpaired) electrons. The summed E-state index contributed by atoms with van der Waals surface area (Å²) in [5.74, 6) is -1.78. The molecule has 2 aliphatic rings.